The summed E-state index contributed by atoms with van der Waals surface area (Å²) >= 11 is 0. The van der Waals surface area contributed by atoms with Crippen LogP contribution >= 0.6 is 0 Å². The third-order valence-corrected chi connectivity index (χ3v) is 3.71. The van der Waals surface area contributed by atoms with Crippen LogP contribution in [-0.2, 0) is 11.2 Å². The lowest BCUT2D eigenvalue weighted by Gasteiger charge is -2.11. The summed E-state index contributed by atoms with van der Waals surface area (Å²) in [7, 11) is 1.52. The second-order valence-corrected chi connectivity index (χ2v) is 5.46. The summed E-state index contributed by atoms with van der Waals surface area (Å²) in [6.45, 7) is -0.844. The molecule has 0 spiro atoms. The molecule has 0 aliphatic rings. The van der Waals surface area contributed by atoms with E-state index in [1.165, 1.54) is 19.2 Å². The number of carbonyl (C=O) groups excluding carboxylic acids is 1. The van der Waals surface area contributed by atoms with E-state index < -0.39 is 31.6 Å². The highest BCUT2D eigenvalue weighted by Gasteiger charge is 2.19. The first-order chi connectivity index (χ1) is 12.3. The van der Waals surface area contributed by atoms with E-state index in [2.05, 4.69) is 15.6 Å². The normalized spacial score (nSPS) is 12.8. The van der Waals surface area contributed by atoms with Crippen molar-refractivity contribution in [2.45, 2.75) is 25.5 Å². The third-order valence-electron chi connectivity index (χ3n) is 3.71. The number of aromatic amines is 1. The number of aliphatic hydroxyl groups excluding tert-OH is 1. The van der Waals surface area contributed by atoms with Crippen LogP contribution in [0.4, 0.5) is 17.6 Å². The molecule has 2 rings (SSSR count). The number of amides is 1. The second kappa shape index (κ2) is 8.86. The molecule has 0 aliphatic carbocycles. The lowest BCUT2D eigenvalue weighted by Crippen LogP contribution is -2.31. The highest BCUT2D eigenvalue weighted by Crippen LogP contribution is 2.29. The number of aliphatic hydroxyl groups is 1. The first-order valence-corrected chi connectivity index (χ1v) is 7.80. The lowest BCUT2D eigenvalue weighted by atomic mass is 10.1. The minimum atomic E-state index is -3.12. The Morgan fingerprint density at radius 3 is 2.65 bits per heavy atom. The fourth-order valence-corrected chi connectivity index (χ4v) is 2.53. The molecule has 1 unspecified atom stereocenters. The van der Waals surface area contributed by atoms with Crippen molar-refractivity contribution in [3.8, 4) is 5.75 Å². The van der Waals surface area contributed by atoms with Gasteiger partial charge in [-0.15, -0.1) is 0 Å². The van der Waals surface area contributed by atoms with Crippen LogP contribution in [-0.4, -0.2) is 49.0 Å². The molecular weight excluding hydrogens is 358 g/mol. The largest absolute Gasteiger partial charge is 0.488 e. The molecule has 0 aliphatic heterocycles. The molecule has 0 radical (unpaired) electrons. The molecule has 4 N–H and O–H groups in total. The number of carbonyl (C=O) groups is 1. The maximum absolute atomic E-state index is 12.3. The number of ether oxygens (including phenoxy) is 1. The van der Waals surface area contributed by atoms with E-state index in [0.717, 1.165) is 0 Å². The summed E-state index contributed by atoms with van der Waals surface area (Å²) in [5, 5.41) is 15.4. The van der Waals surface area contributed by atoms with E-state index in [-0.39, 0.29) is 18.7 Å². The van der Waals surface area contributed by atoms with Gasteiger partial charge in [-0.2, -0.15) is 8.78 Å². The summed E-state index contributed by atoms with van der Waals surface area (Å²) in [6, 6.07) is 4.62. The smallest absolute Gasteiger partial charge is 0.315 e. The molecule has 1 aromatic heterocycles. The number of benzene rings is 1. The summed E-state index contributed by atoms with van der Waals surface area (Å²) < 4.78 is 54.1. The van der Waals surface area contributed by atoms with E-state index in [1.807, 2.05) is 0 Å². The van der Waals surface area contributed by atoms with Gasteiger partial charge < -0.3 is 20.1 Å². The van der Waals surface area contributed by atoms with Crippen molar-refractivity contribution in [1.29, 1.82) is 0 Å². The Morgan fingerprint density at radius 2 is 2.04 bits per heavy atom. The van der Waals surface area contributed by atoms with Crippen LogP contribution < -0.4 is 15.4 Å². The number of nitrogens with one attached hydrogen (secondary N) is 3. The van der Waals surface area contributed by atoms with Gasteiger partial charge in [0.25, 0.3) is 12.3 Å². The van der Waals surface area contributed by atoms with Gasteiger partial charge in [-0.3, -0.25) is 10.1 Å². The molecule has 0 saturated heterocycles. The van der Waals surface area contributed by atoms with E-state index in [4.69, 9.17) is 4.74 Å². The van der Waals surface area contributed by atoms with Crippen LogP contribution in [0.25, 0.3) is 10.9 Å². The van der Waals surface area contributed by atoms with Gasteiger partial charge in [-0.1, -0.05) is 0 Å². The Kier molecular flexibility index (Phi) is 6.81. The average Bonchev–Trinajstić information content (AvgIpc) is 2.97. The molecule has 1 atom stereocenters. The summed E-state index contributed by atoms with van der Waals surface area (Å²) in [5.41, 5.74) is 1.55. The van der Waals surface area contributed by atoms with Crippen molar-refractivity contribution >= 4 is 16.8 Å². The van der Waals surface area contributed by atoms with Crippen molar-refractivity contribution in [1.82, 2.24) is 15.6 Å². The molecule has 144 valence electrons. The standard InChI is InChI=1S/C16H19F4N3O3/c1-21-15(24)13-9(4-5-22-16(25)14(19)20)10-6-8(26-7-12(17)18)2-3-11(10)23-13/h2-3,6,12,14-15,21,23-24H,4-5,7H2,1H3,(H,22,25). The topological polar surface area (TPSA) is 86.4 Å². The quantitative estimate of drug-likeness (QED) is 0.397. The zero-order chi connectivity index (χ0) is 19.3. The number of alkyl halides is 4. The lowest BCUT2D eigenvalue weighted by molar-refractivity contribution is -0.131. The monoisotopic (exact) mass is 377 g/mol. The molecule has 2 aromatic rings. The Labute approximate surface area is 146 Å². The minimum Gasteiger partial charge on any atom is -0.488 e. The van der Waals surface area contributed by atoms with Gasteiger partial charge in [0.05, 0.1) is 5.69 Å². The minimum absolute atomic E-state index is 0.0817. The molecule has 26 heavy (non-hydrogen) atoms. The maximum Gasteiger partial charge on any atom is 0.315 e. The summed E-state index contributed by atoms with van der Waals surface area (Å²) in [4.78, 5) is 14.0. The molecule has 1 aromatic carbocycles. The van der Waals surface area contributed by atoms with Crippen LogP contribution in [0.2, 0.25) is 0 Å². The number of hydrogen-bond donors (Lipinski definition) is 4. The SMILES string of the molecule is CNC(O)c1[nH]c2ccc(OCC(F)F)cc2c1CCNC(=O)C(F)F. The second-order valence-electron chi connectivity index (χ2n) is 5.46. The van der Waals surface area contributed by atoms with Gasteiger partial charge in [0.1, 0.15) is 18.6 Å². The van der Waals surface area contributed by atoms with Crippen molar-refractivity contribution < 1.29 is 32.2 Å². The van der Waals surface area contributed by atoms with Gasteiger partial charge in [0, 0.05) is 17.4 Å². The van der Waals surface area contributed by atoms with Gasteiger partial charge in [0.15, 0.2) is 0 Å². The van der Waals surface area contributed by atoms with E-state index >= 15 is 0 Å². The highest BCUT2D eigenvalue weighted by molar-refractivity contribution is 5.86. The molecule has 1 heterocycles. The van der Waals surface area contributed by atoms with Crippen molar-refractivity contribution in [2.75, 3.05) is 20.2 Å². The van der Waals surface area contributed by atoms with Crippen LogP contribution in [0, 0.1) is 0 Å². The fourth-order valence-electron chi connectivity index (χ4n) is 2.53. The van der Waals surface area contributed by atoms with Crippen molar-refractivity contribution in [3.05, 3.63) is 29.5 Å². The fraction of sp³-hybridized carbons (Fsp3) is 0.438. The van der Waals surface area contributed by atoms with E-state index in [9.17, 15) is 27.5 Å². The predicted molar refractivity (Wildman–Crippen MR) is 86.5 cm³/mol. The van der Waals surface area contributed by atoms with Gasteiger partial charge in [-0.05, 0) is 37.2 Å². The molecule has 10 heteroatoms. The number of H-pyrrole nitrogens is 1. The number of fused-ring (bicyclic) bond motifs is 1. The molecule has 6 nitrogen and oxygen atoms in total. The number of aromatic nitrogens is 1. The van der Waals surface area contributed by atoms with Crippen LogP contribution in [0.5, 0.6) is 5.75 Å². The van der Waals surface area contributed by atoms with Crippen LogP contribution in [0.3, 0.4) is 0 Å². The highest BCUT2D eigenvalue weighted by atomic mass is 19.3. The molecule has 1 amide bonds. The predicted octanol–water partition coefficient (Wildman–Crippen LogP) is 1.95. The van der Waals surface area contributed by atoms with Gasteiger partial charge >= 0.3 is 6.43 Å². The zero-order valence-corrected chi connectivity index (χ0v) is 13.9. The van der Waals surface area contributed by atoms with Crippen LogP contribution in [0.15, 0.2) is 18.2 Å². The Morgan fingerprint density at radius 1 is 1.31 bits per heavy atom. The molecule has 0 bridgehead atoms. The Balaban J connectivity index is 2.29. The first-order valence-electron chi connectivity index (χ1n) is 7.80. The Hall–Kier alpha value is -2.33. The molecular formula is C16H19F4N3O3. The summed E-state index contributed by atoms with van der Waals surface area (Å²) in [6.07, 6.45) is -6.66. The van der Waals surface area contributed by atoms with Gasteiger partial charge in [-0.25, -0.2) is 8.78 Å². The van der Waals surface area contributed by atoms with Crippen molar-refractivity contribution in [2.24, 2.45) is 0 Å². The summed E-state index contributed by atoms with van der Waals surface area (Å²) in [5.74, 6) is -1.18. The van der Waals surface area contributed by atoms with Crippen molar-refractivity contribution in [3.63, 3.8) is 0 Å². The maximum atomic E-state index is 12.3. The van der Waals surface area contributed by atoms with Gasteiger partial charge in [0.2, 0.25) is 0 Å². The van der Waals surface area contributed by atoms with E-state index in [1.54, 1.807) is 6.07 Å². The number of hydrogen-bond acceptors (Lipinski definition) is 4. The molecule has 0 saturated carbocycles. The number of halogens is 4. The first kappa shape index (κ1) is 20.0. The molecule has 0 fully saturated rings. The van der Waals surface area contributed by atoms with E-state index in [0.29, 0.717) is 22.2 Å². The third kappa shape index (κ3) is 4.85. The van der Waals surface area contributed by atoms with Crippen LogP contribution in [0.1, 0.15) is 17.5 Å². The Bertz CT molecular complexity index is 752. The number of rotatable bonds is 9. The average molecular weight is 377 g/mol. The zero-order valence-electron chi connectivity index (χ0n) is 13.9.